The van der Waals surface area contributed by atoms with E-state index in [1.165, 1.54) is 18.2 Å². The van der Waals surface area contributed by atoms with E-state index in [2.05, 4.69) is 5.32 Å². The quantitative estimate of drug-likeness (QED) is 0.625. The van der Waals surface area contributed by atoms with Crippen molar-refractivity contribution in [3.8, 4) is 0 Å². The third kappa shape index (κ3) is 2.99. The van der Waals surface area contributed by atoms with Crippen LogP contribution in [0.25, 0.3) is 0 Å². The Labute approximate surface area is 97.4 Å². The Morgan fingerprint density at radius 2 is 2.13 bits per heavy atom. The molecule has 1 rings (SSSR count). The summed E-state index contributed by atoms with van der Waals surface area (Å²) in [5.74, 6) is 0. The molecule has 0 unspecified atom stereocenters. The molecule has 0 saturated carbocycles. The Hall–Kier alpha value is -0.970. The Kier molecular flexibility index (Phi) is 4.20. The van der Waals surface area contributed by atoms with Crippen molar-refractivity contribution in [2.24, 2.45) is 0 Å². The van der Waals surface area contributed by atoms with E-state index in [4.69, 9.17) is 23.2 Å². The van der Waals surface area contributed by atoms with Crippen LogP contribution in [-0.4, -0.2) is 17.8 Å². The van der Waals surface area contributed by atoms with Crippen molar-refractivity contribution in [1.29, 1.82) is 0 Å². The van der Waals surface area contributed by atoms with Crippen LogP contribution in [0.2, 0.25) is 10.0 Å². The number of hydrogen-bond acceptors (Lipinski definition) is 2. The minimum absolute atomic E-state index is 0.260. The summed E-state index contributed by atoms with van der Waals surface area (Å²) in [6.45, 7) is 2.18. The second-order valence-corrected chi connectivity index (χ2v) is 3.56. The highest BCUT2D eigenvalue weighted by atomic mass is 35.5. The number of rotatable bonds is 2. The lowest BCUT2D eigenvalue weighted by molar-refractivity contribution is 0.205. The number of urea groups is 1. The molecule has 0 aromatic heterocycles. The summed E-state index contributed by atoms with van der Waals surface area (Å²) in [6, 6.07) is 3.78. The number of amides is 2. The molecule has 1 aromatic rings. The van der Waals surface area contributed by atoms with Crippen LogP contribution in [0.4, 0.5) is 10.5 Å². The highest BCUT2D eigenvalue weighted by Crippen LogP contribution is 2.26. The number of halogens is 2. The molecular formula is C9H10Cl2N2O2. The van der Waals surface area contributed by atoms with Gasteiger partial charge in [-0.15, -0.1) is 0 Å². The maximum Gasteiger partial charge on any atom is 0.345 e. The average Bonchev–Trinajstić information content (AvgIpc) is 2.21. The van der Waals surface area contributed by atoms with E-state index < -0.39 is 6.03 Å². The molecule has 6 heteroatoms. The van der Waals surface area contributed by atoms with Gasteiger partial charge < -0.3 is 5.32 Å². The molecule has 0 radical (unpaired) electrons. The van der Waals surface area contributed by atoms with Crippen LogP contribution in [0.1, 0.15) is 6.92 Å². The first-order valence-electron chi connectivity index (χ1n) is 4.28. The molecule has 0 fully saturated rings. The standard InChI is InChI=1S/C9H10Cl2N2O2/c1-2-12-9(14)13(15)6-3-4-7(10)8(11)5-6/h3-5,15H,2H2,1H3,(H,12,14). The third-order valence-corrected chi connectivity index (χ3v) is 2.41. The summed E-state index contributed by atoms with van der Waals surface area (Å²) in [5.41, 5.74) is 0.260. The predicted molar refractivity (Wildman–Crippen MR) is 59.8 cm³/mol. The summed E-state index contributed by atoms with van der Waals surface area (Å²) in [5, 5.41) is 13.0. The predicted octanol–water partition coefficient (Wildman–Crippen LogP) is 2.92. The molecule has 2 amide bonds. The van der Waals surface area contributed by atoms with Crippen molar-refractivity contribution in [2.75, 3.05) is 11.6 Å². The second-order valence-electron chi connectivity index (χ2n) is 2.75. The zero-order valence-electron chi connectivity index (χ0n) is 8.00. The van der Waals surface area contributed by atoms with E-state index in [9.17, 15) is 10.0 Å². The molecule has 0 atom stereocenters. The van der Waals surface area contributed by atoms with Gasteiger partial charge in [0.25, 0.3) is 0 Å². The van der Waals surface area contributed by atoms with Crippen LogP contribution in [0, 0.1) is 0 Å². The van der Waals surface area contributed by atoms with Gasteiger partial charge in [0.05, 0.1) is 15.7 Å². The van der Waals surface area contributed by atoms with Gasteiger partial charge in [0.2, 0.25) is 0 Å². The van der Waals surface area contributed by atoms with Gasteiger partial charge in [0.15, 0.2) is 0 Å². The summed E-state index contributed by atoms with van der Waals surface area (Å²) in [7, 11) is 0. The van der Waals surface area contributed by atoms with Crippen LogP contribution in [0.5, 0.6) is 0 Å². The first-order chi connectivity index (χ1) is 7.06. The number of carbonyl (C=O) groups is 1. The minimum Gasteiger partial charge on any atom is -0.336 e. The van der Waals surface area contributed by atoms with E-state index >= 15 is 0 Å². The molecule has 2 N–H and O–H groups in total. The molecule has 15 heavy (non-hydrogen) atoms. The topological polar surface area (TPSA) is 52.6 Å². The van der Waals surface area contributed by atoms with Crippen LogP contribution >= 0.6 is 23.2 Å². The monoisotopic (exact) mass is 248 g/mol. The fraction of sp³-hybridized carbons (Fsp3) is 0.222. The summed E-state index contributed by atoms with van der Waals surface area (Å²) in [4.78, 5) is 11.2. The average molecular weight is 249 g/mol. The van der Waals surface area contributed by atoms with Crippen LogP contribution < -0.4 is 10.4 Å². The zero-order valence-corrected chi connectivity index (χ0v) is 9.51. The minimum atomic E-state index is -0.615. The van der Waals surface area contributed by atoms with Gasteiger partial charge in [-0.3, -0.25) is 5.21 Å². The molecule has 0 bridgehead atoms. The molecular weight excluding hydrogens is 239 g/mol. The van der Waals surface area contributed by atoms with Gasteiger partial charge in [-0.25, -0.2) is 4.79 Å². The Morgan fingerprint density at radius 1 is 1.47 bits per heavy atom. The van der Waals surface area contributed by atoms with Crippen LogP contribution in [-0.2, 0) is 0 Å². The fourth-order valence-corrected chi connectivity index (χ4v) is 1.25. The molecule has 0 heterocycles. The van der Waals surface area contributed by atoms with E-state index in [0.717, 1.165) is 0 Å². The summed E-state index contributed by atoms with van der Waals surface area (Å²) in [6.07, 6.45) is 0. The van der Waals surface area contributed by atoms with Crippen LogP contribution in [0.15, 0.2) is 18.2 Å². The van der Waals surface area contributed by atoms with Gasteiger partial charge in [0.1, 0.15) is 0 Å². The molecule has 0 aliphatic carbocycles. The number of hydrogen-bond donors (Lipinski definition) is 2. The van der Waals surface area contributed by atoms with Crippen molar-refractivity contribution in [3.63, 3.8) is 0 Å². The molecule has 0 spiro atoms. The Morgan fingerprint density at radius 3 is 2.67 bits per heavy atom. The van der Waals surface area contributed by atoms with Crippen molar-refractivity contribution in [1.82, 2.24) is 5.32 Å². The molecule has 4 nitrogen and oxygen atoms in total. The largest absolute Gasteiger partial charge is 0.345 e. The lowest BCUT2D eigenvalue weighted by Crippen LogP contribution is -2.37. The van der Waals surface area contributed by atoms with E-state index in [-0.39, 0.29) is 10.7 Å². The summed E-state index contributed by atoms with van der Waals surface area (Å²) >= 11 is 11.4. The summed E-state index contributed by atoms with van der Waals surface area (Å²) < 4.78 is 0. The van der Waals surface area contributed by atoms with Gasteiger partial charge >= 0.3 is 6.03 Å². The Bertz CT molecular complexity index is 371. The van der Waals surface area contributed by atoms with E-state index in [1.54, 1.807) is 6.92 Å². The van der Waals surface area contributed by atoms with Gasteiger partial charge in [-0.2, -0.15) is 5.06 Å². The third-order valence-electron chi connectivity index (χ3n) is 1.67. The van der Waals surface area contributed by atoms with Crippen LogP contribution in [0.3, 0.4) is 0 Å². The van der Waals surface area contributed by atoms with Crippen molar-refractivity contribution in [3.05, 3.63) is 28.2 Å². The normalized spacial score (nSPS) is 9.87. The molecule has 0 saturated heterocycles. The van der Waals surface area contributed by atoms with Crippen molar-refractivity contribution in [2.45, 2.75) is 6.92 Å². The molecule has 0 aliphatic heterocycles. The van der Waals surface area contributed by atoms with Gasteiger partial charge in [0, 0.05) is 6.54 Å². The first kappa shape index (κ1) is 12.1. The smallest absolute Gasteiger partial charge is 0.336 e. The number of carbonyl (C=O) groups excluding carboxylic acids is 1. The zero-order chi connectivity index (χ0) is 11.4. The lowest BCUT2D eigenvalue weighted by Gasteiger charge is -2.15. The Balaban J connectivity index is 2.86. The van der Waals surface area contributed by atoms with Gasteiger partial charge in [-0.05, 0) is 25.1 Å². The molecule has 82 valence electrons. The lowest BCUT2D eigenvalue weighted by atomic mass is 10.3. The number of benzene rings is 1. The van der Waals surface area contributed by atoms with Gasteiger partial charge in [-0.1, -0.05) is 23.2 Å². The maximum atomic E-state index is 11.2. The fourth-order valence-electron chi connectivity index (χ4n) is 0.960. The number of anilines is 1. The SMILES string of the molecule is CCNC(=O)N(O)c1ccc(Cl)c(Cl)c1. The molecule has 1 aromatic carbocycles. The highest BCUT2D eigenvalue weighted by Gasteiger charge is 2.12. The number of nitrogens with zero attached hydrogens (tertiary/aromatic N) is 1. The van der Waals surface area contributed by atoms with E-state index in [1.807, 2.05) is 0 Å². The molecule has 0 aliphatic rings. The first-order valence-corrected chi connectivity index (χ1v) is 5.03. The van der Waals surface area contributed by atoms with Crippen molar-refractivity contribution >= 4 is 34.9 Å². The van der Waals surface area contributed by atoms with E-state index in [0.29, 0.717) is 16.6 Å². The second kappa shape index (κ2) is 5.21. The number of hydroxylamine groups is 1. The van der Waals surface area contributed by atoms with Crippen molar-refractivity contribution < 1.29 is 10.0 Å². The maximum absolute atomic E-state index is 11.2. The number of nitrogens with one attached hydrogen (secondary N) is 1. The highest BCUT2D eigenvalue weighted by molar-refractivity contribution is 6.42.